The predicted octanol–water partition coefficient (Wildman–Crippen LogP) is -3.76. The third-order valence-electron chi connectivity index (χ3n) is 1.42. The second-order valence-electron chi connectivity index (χ2n) is 2.36. The molecule has 4 atom stereocenters. The molecule has 0 aliphatic rings. The first kappa shape index (κ1) is 15.7. The van der Waals surface area contributed by atoms with E-state index in [2.05, 4.69) is 0 Å². The fourth-order valence-corrected chi connectivity index (χ4v) is 0.618. The molecule has 7 heteroatoms. The van der Waals surface area contributed by atoms with Crippen molar-refractivity contribution >= 4 is 29.3 Å². The fraction of sp³-hybridized carbons (Fsp3) is 0.833. The van der Waals surface area contributed by atoms with Gasteiger partial charge in [-0.3, -0.25) is 0 Å². The quantitative estimate of drug-likeness (QED) is 0.232. The van der Waals surface area contributed by atoms with Gasteiger partial charge in [0.15, 0.2) is 6.29 Å². The lowest BCUT2D eigenvalue weighted by Gasteiger charge is -2.22. The number of aliphatic hydroxyl groups is 5. The number of carbonyl (C=O) groups is 1. The molecule has 0 aromatic carbocycles. The average molecular weight is 204 g/mol. The summed E-state index contributed by atoms with van der Waals surface area (Å²) in [5.41, 5.74) is 0. The molecular weight excluding hydrogens is 192 g/mol. The van der Waals surface area contributed by atoms with Gasteiger partial charge in [0, 0.05) is 23.1 Å². The Kier molecular flexibility index (Phi) is 9.20. The van der Waals surface area contributed by atoms with Gasteiger partial charge in [0.05, 0.1) is 6.61 Å². The highest BCUT2D eigenvalue weighted by Crippen LogP contribution is 2.02. The Morgan fingerprint density at radius 3 is 1.85 bits per heavy atom. The van der Waals surface area contributed by atoms with E-state index in [1.165, 1.54) is 0 Å². The summed E-state index contributed by atoms with van der Waals surface area (Å²) in [6, 6.07) is 0. The van der Waals surface area contributed by atoms with E-state index in [0.29, 0.717) is 0 Å². The van der Waals surface area contributed by atoms with Crippen LogP contribution in [0.25, 0.3) is 0 Å². The molecule has 2 radical (unpaired) electrons. The normalized spacial score (nSPS) is 19.5. The number of aliphatic hydroxyl groups excluding tert-OH is 5. The highest BCUT2D eigenvalue weighted by Gasteiger charge is 2.29. The number of hydrogen-bond donors (Lipinski definition) is 5. The van der Waals surface area contributed by atoms with E-state index in [1.807, 2.05) is 0 Å². The van der Waals surface area contributed by atoms with Gasteiger partial charge in [-0.25, -0.2) is 0 Å². The smallest absolute Gasteiger partial charge is 0.151 e. The van der Waals surface area contributed by atoms with Crippen LogP contribution in [0, 0.1) is 0 Å². The van der Waals surface area contributed by atoms with E-state index >= 15 is 0 Å². The van der Waals surface area contributed by atoms with Crippen LogP contribution in [0.4, 0.5) is 0 Å². The molecule has 0 rings (SSSR count). The van der Waals surface area contributed by atoms with Gasteiger partial charge in [-0.05, 0) is 0 Å². The zero-order valence-corrected chi connectivity index (χ0v) is 8.36. The summed E-state index contributed by atoms with van der Waals surface area (Å²) >= 11 is 0. The molecule has 13 heavy (non-hydrogen) atoms. The van der Waals surface area contributed by atoms with Crippen molar-refractivity contribution in [2.75, 3.05) is 6.61 Å². The molecule has 6 nitrogen and oxygen atoms in total. The Bertz CT molecular complexity index is 143. The molecule has 0 unspecified atom stereocenters. The molecular formula is C6H12MgO6. The standard InChI is InChI=1S/C6H12O6.Mg/c7-1-3(9)5(11)6(12)4(10)2-8;/h1,3-6,8-12H,2H2;/t3-,4+,5+,6+;/m0./s1. The first-order valence-electron chi connectivity index (χ1n) is 3.33. The van der Waals surface area contributed by atoms with Crippen molar-refractivity contribution in [1.82, 2.24) is 0 Å². The molecule has 0 saturated carbocycles. The number of hydrogen-bond acceptors (Lipinski definition) is 6. The van der Waals surface area contributed by atoms with Crippen LogP contribution in [-0.2, 0) is 4.79 Å². The number of carbonyl (C=O) groups excluding carboxylic acids is 1. The van der Waals surface area contributed by atoms with Crippen molar-refractivity contribution in [3.63, 3.8) is 0 Å². The highest BCUT2D eigenvalue weighted by atomic mass is 24.3. The van der Waals surface area contributed by atoms with E-state index in [4.69, 9.17) is 25.5 Å². The molecule has 0 aliphatic heterocycles. The van der Waals surface area contributed by atoms with Crippen LogP contribution in [0.5, 0.6) is 0 Å². The van der Waals surface area contributed by atoms with Crippen LogP contribution in [0.3, 0.4) is 0 Å². The van der Waals surface area contributed by atoms with E-state index in [9.17, 15) is 4.79 Å². The molecule has 0 amide bonds. The highest BCUT2D eigenvalue weighted by molar-refractivity contribution is 5.75. The minimum absolute atomic E-state index is 0. The van der Waals surface area contributed by atoms with Gasteiger partial charge in [0.2, 0.25) is 0 Å². The van der Waals surface area contributed by atoms with Crippen LogP contribution in [-0.4, -0.2) is 85.9 Å². The second kappa shape index (κ2) is 7.62. The van der Waals surface area contributed by atoms with Crippen molar-refractivity contribution in [1.29, 1.82) is 0 Å². The molecule has 0 aliphatic carbocycles. The summed E-state index contributed by atoms with van der Waals surface area (Å²) in [5.74, 6) is 0. The summed E-state index contributed by atoms with van der Waals surface area (Å²) in [6.45, 7) is -0.760. The summed E-state index contributed by atoms with van der Waals surface area (Å²) in [5, 5.41) is 43.5. The lowest BCUT2D eigenvalue weighted by molar-refractivity contribution is -0.136. The van der Waals surface area contributed by atoms with Gasteiger partial charge < -0.3 is 30.3 Å². The monoisotopic (exact) mass is 204 g/mol. The van der Waals surface area contributed by atoms with Crippen LogP contribution >= 0.6 is 0 Å². The van der Waals surface area contributed by atoms with Crippen LogP contribution in [0.15, 0.2) is 0 Å². The first-order valence-corrected chi connectivity index (χ1v) is 3.33. The Morgan fingerprint density at radius 2 is 1.54 bits per heavy atom. The average Bonchev–Trinajstić information content (AvgIpc) is 2.12. The minimum atomic E-state index is -1.79. The molecule has 0 heterocycles. The van der Waals surface area contributed by atoms with Gasteiger partial charge in [-0.15, -0.1) is 0 Å². The fourth-order valence-electron chi connectivity index (χ4n) is 0.618. The summed E-state index contributed by atoms with van der Waals surface area (Å²) in [6.07, 6.45) is -6.84. The largest absolute Gasteiger partial charge is 0.394 e. The van der Waals surface area contributed by atoms with Crippen molar-refractivity contribution in [2.24, 2.45) is 0 Å². The Labute approximate surface area is 91.0 Å². The zero-order valence-electron chi connectivity index (χ0n) is 6.95. The topological polar surface area (TPSA) is 118 Å². The molecule has 74 valence electrons. The Balaban J connectivity index is 0. The zero-order chi connectivity index (χ0) is 9.72. The maximum absolute atomic E-state index is 9.90. The molecule has 0 bridgehead atoms. The first-order chi connectivity index (χ1) is 5.54. The van der Waals surface area contributed by atoms with Crippen molar-refractivity contribution in [3.8, 4) is 0 Å². The minimum Gasteiger partial charge on any atom is -0.394 e. The molecule has 5 N–H and O–H groups in total. The summed E-state index contributed by atoms with van der Waals surface area (Å²) in [7, 11) is 0. The third-order valence-corrected chi connectivity index (χ3v) is 1.42. The van der Waals surface area contributed by atoms with Crippen molar-refractivity contribution in [3.05, 3.63) is 0 Å². The van der Waals surface area contributed by atoms with Gasteiger partial charge in [-0.1, -0.05) is 0 Å². The Hall–Kier alpha value is 0.236. The van der Waals surface area contributed by atoms with Crippen molar-refractivity contribution < 1.29 is 30.3 Å². The maximum atomic E-state index is 9.90. The lowest BCUT2D eigenvalue weighted by Crippen LogP contribution is -2.46. The predicted molar refractivity (Wildman–Crippen MR) is 42.9 cm³/mol. The molecule has 0 spiro atoms. The van der Waals surface area contributed by atoms with E-state index in [1.54, 1.807) is 0 Å². The molecule has 0 saturated heterocycles. The molecule has 0 fully saturated rings. The molecule has 0 aromatic rings. The van der Waals surface area contributed by atoms with Crippen LogP contribution in [0.2, 0.25) is 0 Å². The van der Waals surface area contributed by atoms with Gasteiger partial charge >= 0.3 is 0 Å². The maximum Gasteiger partial charge on any atom is 0.151 e. The summed E-state index contributed by atoms with van der Waals surface area (Å²) < 4.78 is 0. The van der Waals surface area contributed by atoms with E-state index < -0.39 is 31.0 Å². The van der Waals surface area contributed by atoms with Gasteiger partial charge in [0.25, 0.3) is 0 Å². The van der Waals surface area contributed by atoms with Gasteiger partial charge in [-0.2, -0.15) is 0 Å². The number of rotatable bonds is 5. The van der Waals surface area contributed by atoms with Crippen molar-refractivity contribution in [2.45, 2.75) is 24.4 Å². The second-order valence-corrected chi connectivity index (χ2v) is 2.36. The van der Waals surface area contributed by atoms with E-state index in [-0.39, 0.29) is 29.3 Å². The Morgan fingerprint density at radius 1 is 1.08 bits per heavy atom. The van der Waals surface area contributed by atoms with Crippen LogP contribution in [0.1, 0.15) is 0 Å². The molecule has 0 aromatic heterocycles. The van der Waals surface area contributed by atoms with E-state index in [0.717, 1.165) is 0 Å². The lowest BCUT2D eigenvalue weighted by atomic mass is 10.0. The number of aldehydes is 1. The van der Waals surface area contributed by atoms with Crippen LogP contribution < -0.4 is 0 Å². The SMILES string of the molecule is O=C[C@H](O)[C@@H](O)[C@H](O)[C@H](O)CO.[Mg]. The third kappa shape index (κ3) is 4.86. The van der Waals surface area contributed by atoms with Gasteiger partial charge in [0.1, 0.15) is 24.4 Å². The summed E-state index contributed by atoms with van der Waals surface area (Å²) in [4.78, 5) is 9.90.